The van der Waals surface area contributed by atoms with Crippen molar-refractivity contribution in [1.29, 1.82) is 0 Å². The number of hydrogen-bond donors (Lipinski definition) is 0. The van der Waals surface area contributed by atoms with Crippen LogP contribution >= 0.6 is 11.3 Å². The number of rotatable bonds is 11. The van der Waals surface area contributed by atoms with Crippen LogP contribution in [0.15, 0.2) is 36.4 Å². The van der Waals surface area contributed by atoms with Gasteiger partial charge in [-0.3, -0.25) is 9.69 Å². The van der Waals surface area contributed by atoms with Gasteiger partial charge in [0.2, 0.25) is 5.75 Å². The van der Waals surface area contributed by atoms with Gasteiger partial charge in [0.05, 0.1) is 43.2 Å². The van der Waals surface area contributed by atoms with Crippen LogP contribution in [0.4, 0.5) is 5.13 Å². The van der Waals surface area contributed by atoms with Crippen molar-refractivity contribution >= 4 is 32.6 Å². The lowest BCUT2D eigenvalue weighted by molar-refractivity contribution is 0.0975. The third-order valence-corrected chi connectivity index (χ3v) is 5.49. The summed E-state index contributed by atoms with van der Waals surface area (Å²) in [7, 11) is 1.61. The number of anilines is 1. The van der Waals surface area contributed by atoms with Gasteiger partial charge in [0.25, 0.3) is 5.91 Å². The molecule has 0 radical (unpaired) electrons. The molecule has 3 aromatic rings. The van der Waals surface area contributed by atoms with Crippen molar-refractivity contribution in [2.24, 2.45) is 0 Å². The Balaban J connectivity index is 2.05. The average molecular weight is 445 g/mol. The minimum absolute atomic E-state index is 0.207. The van der Waals surface area contributed by atoms with E-state index in [-0.39, 0.29) is 5.91 Å². The quantitative estimate of drug-likeness (QED) is 0.424. The number of methoxy groups -OCH3 is 1. The number of amides is 1. The van der Waals surface area contributed by atoms with Crippen molar-refractivity contribution in [2.75, 3.05) is 45.0 Å². The summed E-state index contributed by atoms with van der Waals surface area (Å²) in [4.78, 5) is 19.9. The highest BCUT2D eigenvalue weighted by Crippen LogP contribution is 2.40. The maximum Gasteiger partial charge on any atom is 0.260 e. The lowest BCUT2D eigenvalue weighted by Crippen LogP contribution is -2.34. The van der Waals surface area contributed by atoms with Crippen LogP contribution in [0.3, 0.4) is 0 Å². The second-order valence-electron chi connectivity index (χ2n) is 6.51. The Labute approximate surface area is 186 Å². The molecule has 0 aliphatic heterocycles. The first-order valence-electron chi connectivity index (χ1n) is 10.4. The fraction of sp³-hybridized carbons (Fsp3) is 0.391. The van der Waals surface area contributed by atoms with E-state index in [0.717, 1.165) is 10.2 Å². The van der Waals surface area contributed by atoms with Gasteiger partial charge in [-0.2, -0.15) is 0 Å². The van der Waals surface area contributed by atoms with Gasteiger partial charge in [-0.15, -0.1) is 0 Å². The molecule has 0 bridgehead atoms. The standard InChI is InChI=1S/C23H28N2O5S/c1-5-28-18-14-16(15-19(29-6-2)21(18)30-7-3)22(26)25(12-13-27-4)23-24-17-10-8-9-11-20(17)31-23/h8-11,14-15H,5-7,12-13H2,1-4H3. The molecule has 0 saturated carbocycles. The first-order valence-corrected chi connectivity index (χ1v) is 11.2. The topological polar surface area (TPSA) is 70.1 Å². The summed E-state index contributed by atoms with van der Waals surface area (Å²) in [5, 5.41) is 0.619. The molecule has 2 aromatic carbocycles. The van der Waals surface area contributed by atoms with Gasteiger partial charge in [0.15, 0.2) is 16.6 Å². The molecular formula is C23H28N2O5S. The first kappa shape index (κ1) is 22.8. The molecule has 3 rings (SSSR count). The summed E-state index contributed by atoms with van der Waals surface area (Å²) in [6, 6.07) is 11.2. The van der Waals surface area contributed by atoms with Crippen LogP contribution in [0.1, 0.15) is 31.1 Å². The molecule has 1 aromatic heterocycles. The second kappa shape index (κ2) is 11.0. The Bertz CT molecular complexity index is 960. The molecular weight excluding hydrogens is 416 g/mol. The van der Waals surface area contributed by atoms with E-state index in [9.17, 15) is 4.79 Å². The van der Waals surface area contributed by atoms with Crippen LogP contribution in [0, 0.1) is 0 Å². The van der Waals surface area contributed by atoms with Crippen molar-refractivity contribution in [3.63, 3.8) is 0 Å². The minimum atomic E-state index is -0.207. The number of aromatic nitrogens is 1. The number of hydrogen-bond acceptors (Lipinski definition) is 7. The van der Waals surface area contributed by atoms with Crippen LogP contribution in [0.25, 0.3) is 10.2 Å². The molecule has 7 nitrogen and oxygen atoms in total. The summed E-state index contributed by atoms with van der Waals surface area (Å²) in [6.45, 7) is 7.76. The predicted molar refractivity (Wildman–Crippen MR) is 123 cm³/mol. The Kier molecular flexibility index (Phi) is 8.08. The maximum absolute atomic E-state index is 13.6. The smallest absolute Gasteiger partial charge is 0.260 e. The summed E-state index contributed by atoms with van der Waals surface area (Å²) in [6.07, 6.45) is 0. The zero-order valence-electron chi connectivity index (χ0n) is 18.3. The normalized spacial score (nSPS) is 10.8. The van der Waals surface area contributed by atoms with E-state index >= 15 is 0 Å². The minimum Gasteiger partial charge on any atom is -0.490 e. The number of thiazole rings is 1. The largest absolute Gasteiger partial charge is 0.490 e. The summed E-state index contributed by atoms with van der Waals surface area (Å²) in [5.41, 5.74) is 1.29. The average Bonchev–Trinajstić information content (AvgIpc) is 3.20. The summed E-state index contributed by atoms with van der Waals surface area (Å²) in [5.74, 6) is 1.26. The van der Waals surface area contributed by atoms with Gasteiger partial charge < -0.3 is 18.9 Å². The molecule has 0 aliphatic carbocycles. The Hall–Kier alpha value is -2.84. The molecule has 0 aliphatic rings. The molecule has 0 spiro atoms. The van der Waals surface area contributed by atoms with Gasteiger partial charge in [0, 0.05) is 12.7 Å². The monoisotopic (exact) mass is 444 g/mol. The lowest BCUT2D eigenvalue weighted by atomic mass is 10.1. The van der Waals surface area contributed by atoms with Crippen molar-refractivity contribution in [2.45, 2.75) is 20.8 Å². The van der Waals surface area contributed by atoms with Gasteiger partial charge in [-0.25, -0.2) is 4.98 Å². The van der Waals surface area contributed by atoms with Crippen LogP contribution < -0.4 is 19.1 Å². The molecule has 0 saturated heterocycles. The number of ether oxygens (including phenoxy) is 4. The van der Waals surface area contributed by atoms with E-state index < -0.39 is 0 Å². The number of nitrogens with zero attached hydrogens (tertiary/aromatic N) is 2. The van der Waals surface area contributed by atoms with E-state index in [2.05, 4.69) is 4.98 Å². The molecule has 1 heterocycles. The van der Waals surface area contributed by atoms with Gasteiger partial charge >= 0.3 is 0 Å². The Morgan fingerprint density at radius 1 is 1.00 bits per heavy atom. The van der Waals surface area contributed by atoms with Gasteiger partial charge in [0.1, 0.15) is 0 Å². The molecule has 0 unspecified atom stereocenters. The third kappa shape index (κ3) is 5.26. The van der Waals surface area contributed by atoms with E-state index in [1.807, 2.05) is 45.0 Å². The van der Waals surface area contributed by atoms with Crippen molar-refractivity contribution in [3.05, 3.63) is 42.0 Å². The molecule has 0 atom stereocenters. The molecule has 1 amide bonds. The van der Waals surface area contributed by atoms with Crippen LogP contribution in [0.5, 0.6) is 17.2 Å². The predicted octanol–water partition coefficient (Wildman–Crippen LogP) is 4.79. The number of carbonyl (C=O) groups excluding carboxylic acids is 1. The van der Waals surface area contributed by atoms with Crippen molar-refractivity contribution < 1.29 is 23.7 Å². The van der Waals surface area contributed by atoms with Crippen LogP contribution in [-0.2, 0) is 4.74 Å². The zero-order valence-corrected chi connectivity index (χ0v) is 19.2. The number of carbonyl (C=O) groups is 1. The summed E-state index contributed by atoms with van der Waals surface area (Å²) < 4.78 is 23.6. The summed E-state index contributed by atoms with van der Waals surface area (Å²) >= 11 is 1.47. The van der Waals surface area contributed by atoms with Gasteiger partial charge in [-0.1, -0.05) is 23.5 Å². The molecule has 166 valence electrons. The molecule has 8 heteroatoms. The highest BCUT2D eigenvalue weighted by molar-refractivity contribution is 7.22. The zero-order chi connectivity index (χ0) is 22.2. The molecule has 0 fully saturated rings. The highest BCUT2D eigenvalue weighted by Gasteiger charge is 2.25. The van der Waals surface area contributed by atoms with E-state index in [1.165, 1.54) is 11.3 Å². The first-order chi connectivity index (χ1) is 15.1. The fourth-order valence-corrected chi connectivity index (χ4v) is 4.10. The van der Waals surface area contributed by atoms with E-state index in [1.54, 1.807) is 24.1 Å². The highest BCUT2D eigenvalue weighted by atomic mass is 32.1. The number of para-hydroxylation sites is 1. The third-order valence-electron chi connectivity index (χ3n) is 4.43. The lowest BCUT2D eigenvalue weighted by Gasteiger charge is -2.21. The van der Waals surface area contributed by atoms with Gasteiger partial charge in [-0.05, 0) is 45.0 Å². The number of benzene rings is 2. The second-order valence-corrected chi connectivity index (χ2v) is 7.52. The Morgan fingerprint density at radius 2 is 1.65 bits per heavy atom. The SMILES string of the molecule is CCOc1cc(C(=O)N(CCOC)c2nc3ccccc3s2)cc(OCC)c1OCC. The fourth-order valence-electron chi connectivity index (χ4n) is 3.11. The van der Waals surface area contributed by atoms with E-state index in [4.69, 9.17) is 18.9 Å². The molecule has 0 N–H and O–H groups in total. The Morgan fingerprint density at radius 3 is 2.23 bits per heavy atom. The van der Waals surface area contributed by atoms with E-state index in [0.29, 0.717) is 60.9 Å². The van der Waals surface area contributed by atoms with Crippen molar-refractivity contribution in [1.82, 2.24) is 4.98 Å². The van der Waals surface area contributed by atoms with Crippen LogP contribution in [0.2, 0.25) is 0 Å². The van der Waals surface area contributed by atoms with Crippen molar-refractivity contribution in [3.8, 4) is 17.2 Å². The number of fused-ring (bicyclic) bond motifs is 1. The maximum atomic E-state index is 13.6. The molecule has 31 heavy (non-hydrogen) atoms. The van der Waals surface area contributed by atoms with Crippen LogP contribution in [-0.4, -0.2) is 51.0 Å².